The molecule has 1 unspecified atom stereocenters. The zero-order valence-electron chi connectivity index (χ0n) is 21.6. The van der Waals surface area contributed by atoms with E-state index in [0.717, 1.165) is 37.9 Å². The van der Waals surface area contributed by atoms with Crippen molar-refractivity contribution in [3.8, 4) is 11.8 Å². The molecule has 2 aliphatic rings. The number of amides is 1. The van der Waals surface area contributed by atoms with Crippen molar-refractivity contribution in [3.05, 3.63) is 51.6 Å². The van der Waals surface area contributed by atoms with E-state index in [1.165, 1.54) is 16.7 Å². The van der Waals surface area contributed by atoms with Crippen LogP contribution in [0.25, 0.3) is 10.8 Å². The van der Waals surface area contributed by atoms with E-state index in [-0.39, 0.29) is 19.3 Å². The Labute approximate surface area is 239 Å². The number of nitrogens with zero attached hydrogens (tertiary/aromatic N) is 5. The molecule has 12 heteroatoms. The molecule has 0 bridgehead atoms. The lowest BCUT2D eigenvalue weighted by Gasteiger charge is -2.41. The third-order valence-electron chi connectivity index (χ3n) is 7.02. The molecule has 0 saturated carbocycles. The lowest BCUT2D eigenvalue weighted by molar-refractivity contribution is 0.0256. The van der Waals surface area contributed by atoms with Crippen LogP contribution >= 0.6 is 27.7 Å². The van der Waals surface area contributed by atoms with E-state index in [0.29, 0.717) is 43.6 Å². The highest BCUT2D eigenvalue weighted by Gasteiger charge is 2.34. The van der Waals surface area contributed by atoms with E-state index in [1.54, 1.807) is 7.11 Å². The molecule has 1 saturated heterocycles. The molecule has 1 fully saturated rings. The van der Waals surface area contributed by atoms with E-state index in [9.17, 15) is 15.2 Å². The normalized spacial score (nSPS) is 19.0. The van der Waals surface area contributed by atoms with Crippen LogP contribution in [0.3, 0.4) is 0 Å². The van der Waals surface area contributed by atoms with Gasteiger partial charge in [-0.15, -0.1) is 0 Å². The van der Waals surface area contributed by atoms with Gasteiger partial charge in [-0.3, -0.25) is 0 Å². The van der Waals surface area contributed by atoms with E-state index in [2.05, 4.69) is 26.9 Å². The van der Waals surface area contributed by atoms with Gasteiger partial charge in [-0.1, -0.05) is 39.8 Å². The molecule has 0 aliphatic carbocycles. The maximum Gasteiger partial charge on any atom is 0.407 e. The largest absolute Gasteiger partial charge is 0.468 e. The zero-order valence-corrected chi connectivity index (χ0v) is 24.0. The van der Waals surface area contributed by atoms with Crippen molar-refractivity contribution < 1.29 is 24.1 Å². The Morgan fingerprint density at radius 3 is 2.92 bits per heavy atom. The molecule has 2 aliphatic heterocycles. The summed E-state index contributed by atoms with van der Waals surface area (Å²) < 4.78 is 18.4. The molecular formula is C27H28BrN5O5S. The lowest BCUT2D eigenvalue weighted by atomic mass is 9.94. The highest BCUT2D eigenvalue weighted by atomic mass is 79.9. The quantitative estimate of drug-likeness (QED) is 0.221. The Balaban J connectivity index is 1.50. The first-order valence-corrected chi connectivity index (χ1v) is 14.5. The average Bonchev–Trinajstić information content (AvgIpc) is 2.94. The second-order valence-electron chi connectivity index (χ2n) is 9.30. The van der Waals surface area contributed by atoms with Crippen molar-refractivity contribution in [3.63, 3.8) is 0 Å². The number of methoxy groups -OCH3 is 1. The summed E-state index contributed by atoms with van der Waals surface area (Å²) in [6.45, 7) is 1.61. The molecule has 204 valence electrons. The Kier molecular flexibility index (Phi) is 8.42. The number of rotatable bonds is 7. The Hall–Kier alpha value is -3.11. The number of carbonyl (C=O) groups is 1. The Bertz CT molecular complexity index is 1430. The van der Waals surface area contributed by atoms with Gasteiger partial charge in [-0.2, -0.15) is 5.26 Å². The van der Waals surface area contributed by atoms with Crippen molar-refractivity contribution in [1.29, 1.82) is 5.26 Å². The van der Waals surface area contributed by atoms with Crippen LogP contribution in [0.2, 0.25) is 0 Å². The van der Waals surface area contributed by atoms with Gasteiger partial charge in [0.05, 0.1) is 36.9 Å². The van der Waals surface area contributed by atoms with Gasteiger partial charge in [0.25, 0.3) is 0 Å². The third kappa shape index (κ3) is 5.63. The summed E-state index contributed by atoms with van der Waals surface area (Å²) in [4.78, 5) is 24.8. The Morgan fingerprint density at radius 1 is 1.33 bits per heavy atom. The smallest absolute Gasteiger partial charge is 0.407 e. The Morgan fingerprint density at radius 2 is 2.18 bits per heavy atom. The van der Waals surface area contributed by atoms with E-state index >= 15 is 0 Å². The fraction of sp³-hybridized carbons (Fsp3) is 0.407. The van der Waals surface area contributed by atoms with Crippen LogP contribution in [0.15, 0.2) is 40.0 Å². The summed E-state index contributed by atoms with van der Waals surface area (Å²) >= 11 is 5.18. The van der Waals surface area contributed by atoms with Crippen LogP contribution < -0.4 is 9.64 Å². The molecule has 1 amide bonds. The predicted octanol–water partition coefficient (Wildman–Crippen LogP) is 4.99. The highest BCUT2D eigenvalue weighted by Crippen LogP contribution is 2.41. The van der Waals surface area contributed by atoms with Crippen LogP contribution in [0, 0.1) is 11.3 Å². The first-order valence-electron chi connectivity index (χ1n) is 12.4. The first kappa shape index (κ1) is 27.5. The van der Waals surface area contributed by atoms with Crippen molar-refractivity contribution in [1.82, 2.24) is 14.9 Å². The SMILES string of the molecule is COCOc1cc(C2Cc3nc(SC)nc(N4CCN(C(=O)O)[C@@H](CC#N)C4)c3CO2)c2c(Br)cccc2c1. The minimum absolute atomic E-state index is 0.119. The number of hydrogen-bond donors (Lipinski definition) is 1. The standard InChI is InChI=1S/C27H28BrN5O5S/c1-36-15-38-18-10-16-4-3-5-21(28)24(16)19(11-18)23-12-22-20(14-37-23)25(31-26(30-22)39-2)32-8-9-33(27(34)35)17(13-32)6-7-29/h3-5,10-11,17,23H,6,8-9,12-15H2,1-2H3,(H,34,35)/t17-,23?/m0/s1. The molecule has 1 N–H and O–H groups in total. The van der Waals surface area contributed by atoms with Gasteiger partial charge >= 0.3 is 6.09 Å². The van der Waals surface area contributed by atoms with Crippen molar-refractivity contribution in [2.45, 2.75) is 36.8 Å². The number of halogens is 1. The minimum atomic E-state index is -1.01. The number of fused-ring (bicyclic) bond motifs is 2. The van der Waals surface area contributed by atoms with Gasteiger partial charge in [0, 0.05) is 48.6 Å². The summed E-state index contributed by atoms with van der Waals surface area (Å²) in [7, 11) is 1.59. The van der Waals surface area contributed by atoms with Crippen LogP contribution in [-0.4, -0.2) is 71.9 Å². The van der Waals surface area contributed by atoms with Crippen molar-refractivity contribution in [2.75, 3.05) is 44.7 Å². The monoisotopic (exact) mass is 613 g/mol. The molecule has 3 aromatic rings. The van der Waals surface area contributed by atoms with Gasteiger partial charge in [-0.25, -0.2) is 14.8 Å². The topological polar surface area (TPSA) is 121 Å². The highest BCUT2D eigenvalue weighted by molar-refractivity contribution is 9.10. The second kappa shape index (κ2) is 12.0. The molecule has 0 spiro atoms. The second-order valence-corrected chi connectivity index (χ2v) is 10.9. The van der Waals surface area contributed by atoms with Crippen molar-refractivity contribution >= 4 is 50.4 Å². The summed E-state index contributed by atoms with van der Waals surface area (Å²) in [5.41, 5.74) is 2.80. The number of benzene rings is 2. The fourth-order valence-electron chi connectivity index (χ4n) is 5.21. The number of hydrogen-bond acceptors (Lipinski definition) is 9. The molecule has 3 heterocycles. The number of anilines is 1. The van der Waals surface area contributed by atoms with E-state index in [1.807, 2.05) is 36.6 Å². The van der Waals surface area contributed by atoms with Crippen LogP contribution in [-0.2, 0) is 22.5 Å². The summed E-state index contributed by atoms with van der Waals surface area (Å²) in [5.74, 6) is 1.44. The number of carboxylic acid groups (broad SMARTS) is 1. The van der Waals surface area contributed by atoms with Gasteiger partial charge in [0.15, 0.2) is 11.9 Å². The molecule has 2 aromatic carbocycles. The summed E-state index contributed by atoms with van der Waals surface area (Å²) in [6, 6.07) is 11.7. The average molecular weight is 615 g/mol. The van der Waals surface area contributed by atoms with Crippen LogP contribution in [0.1, 0.15) is 29.3 Å². The lowest BCUT2D eigenvalue weighted by Crippen LogP contribution is -2.55. The maximum absolute atomic E-state index is 11.7. The van der Waals surface area contributed by atoms with E-state index in [4.69, 9.17) is 24.2 Å². The van der Waals surface area contributed by atoms with Gasteiger partial charge in [0.1, 0.15) is 11.6 Å². The molecule has 0 radical (unpaired) electrons. The third-order valence-corrected chi connectivity index (χ3v) is 8.22. The fourth-order valence-corrected chi connectivity index (χ4v) is 6.20. The zero-order chi connectivity index (χ0) is 27.5. The number of ether oxygens (including phenoxy) is 3. The molecule has 5 rings (SSSR count). The van der Waals surface area contributed by atoms with Crippen LogP contribution in [0.5, 0.6) is 5.75 Å². The van der Waals surface area contributed by atoms with Crippen LogP contribution in [0.4, 0.5) is 10.6 Å². The molecule has 39 heavy (non-hydrogen) atoms. The summed E-state index contributed by atoms with van der Waals surface area (Å²) in [6.07, 6.45) is 1.32. The van der Waals surface area contributed by atoms with Gasteiger partial charge in [-0.05, 0) is 35.4 Å². The molecular weight excluding hydrogens is 586 g/mol. The molecule has 10 nitrogen and oxygen atoms in total. The first-order chi connectivity index (χ1) is 18.9. The number of piperazine rings is 1. The van der Waals surface area contributed by atoms with Gasteiger partial charge in [0.2, 0.25) is 0 Å². The van der Waals surface area contributed by atoms with E-state index < -0.39 is 12.1 Å². The molecule has 2 atom stereocenters. The number of aromatic nitrogens is 2. The molecule has 1 aromatic heterocycles. The minimum Gasteiger partial charge on any atom is -0.468 e. The maximum atomic E-state index is 11.7. The van der Waals surface area contributed by atoms with Gasteiger partial charge < -0.3 is 29.1 Å². The number of thioether (sulfide) groups is 1. The predicted molar refractivity (Wildman–Crippen MR) is 150 cm³/mol. The number of nitriles is 1. The van der Waals surface area contributed by atoms with Crippen molar-refractivity contribution in [2.24, 2.45) is 0 Å². The summed E-state index contributed by atoms with van der Waals surface area (Å²) in [5, 5.41) is 21.6.